The van der Waals surface area contributed by atoms with Crippen LogP contribution in [0.5, 0.6) is 0 Å². The van der Waals surface area contributed by atoms with Crippen molar-refractivity contribution in [2.45, 2.75) is 33.3 Å². The predicted octanol–water partition coefficient (Wildman–Crippen LogP) is 2.22. The van der Waals surface area contributed by atoms with Crippen molar-refractivity contribution in [1.82, 2.24) is 0 Å². The third-order valence-electron chi connectivity index (χ3n) is 1.96. The van der Waals surface area contributed by atoms with Crippen LogP contribution in [0.25, 0.3) is 0 Å². The molecule has 0 bridgehead atoms. The molecule has 0 rings (SSSR count). The van der Waals surface area contributed by atoms with E-state index in [0.29, 0.717) is 6.08 Å². The van der Waals surface area contributed by atoms with E-state index in [-0.39, 0.29) is 19.4 Å². The van der Waals surface area contributed by atoms with Gasteiger partial charge in [-0.1, -0.05) is 0 Å². The molecule has 0 saturated heterocycles. The lowest BCUT2D eigenvalue weighted by atomic mass is 10.2. The van der Waals surface area contributed by atoms with Gasteiger partial charge in [0.2, 0.25) is 0 Å². The number of carboxylic acids is 1. The van der Waals surface area contributed by atoms with E-state index in [0.717, 1.165) is 6.08 Å². The first-order chi connectivity index (χ1) is 9.14. The predicted molar refractivity (Wildman–Crippen MR) is 72.7 cm³/mol. The van der Waals surface area contributed by atoms with Crippen molar-refractivity contribution < 1.29 is 33.0 Å². The quantitative estimate of drug-likeness (QED) is 0.396. The molecule has 116 valence electrons. The molecule has 0 fully saturated rings. The number of carbonyl (C=O) groups is 2. The van der Waals surface area contributed by atoms with Crippen LogP contribution < -0.4 is 0 Å². The highest BCUT2D eigenvalue weighted by molar-refractivity contribution is 7.53. The zero-order valence-corrected chi connectivity index (χ0v) is 13.0. The van der Waals surface area contributed by atoms with Crippen LogP contribution in [0.3, 0.4) is 0 Å². The molecule has 0 atom stereocenters. The maximum absolute atomic E-state index is 12.3. The fourth-order valence-electron chi connectivity index (χ4n) is 1.47. The molecule has 0 amide bonds. The van der Waals surface area contributed by atoms with Crippen molar-refractivity contribution in [1.29, 1.82) is 0 Å². The monoisotopic (exact) mass is 308 g/mol. The summed E-state index contributed by atoms with van der Waals surface area (Å²) in [6, 6.07) is 0. The Morgan fingerprint density at radius 2 is 1.65 bits per heavy atom. The molecule has 0 aromatic carbocycles. The van der Waals surface area contributed by atoms with Crippen LogP contribution in [0.2, 0.25) is 0 Å². The van der Waals surface area contributed by atoms with Crippen molar-refractivity contribution in [3.05, 3.63) is 12.2 Å². The Balaban J connectivity index is 4.74. The molecule has 0 aliphatic rings. The summed E-state index contributed by atoms with van der Waals surface area (Å²) in [5.74, 6) is -2.09. The van der Waals surface area contributed by atoms with Crippen molar-refractivity contribution in [2.24, 2.45) is 0 Å². The molecule has 0 saturated carbocycles. The van der Waals surface area contributed by atoms with Crippen LogP contribution in [0.4, 0.5) is 0 Å². The fraction of sp³-hybridized carbons (Fsp3) is 0.667. The van der Waals surface area contributed by atoms with E-state index < -0.39 is 25.1 Å². The smallest absolute Gasteiger partial charge is 0.334 e. The maximum Gasteiger partial charge on any atom is 0.334 e. The Morgan fingerprint density at radius 3 is 2.05 bits per heavy atom. The number of ether oxygens (including phenoxy) is 1. The van der Waals surface area contributed by atoms with Crippen LogP contribution in [0, 0.1) is 0 Å². The van der Waals surface area contributed by atoms with Gasteiger partial charge in [-0.05, 0) is 27.7 Å². The van der Waals surface area contributed by atoms with Crippen LogP contribution in [0.15, 0.2) is 12.2 Å². The molecule has 0 radical (unpaired) electrons. The molecule has 0 aromatic heterocycles. The summed E-state index contributed by atoms with van der Waals surface area (Å²) in [4.78, 5) is 21.7. The van der Waals surface area contributed by atoms with E-state index >= 15 is 0 Å². The van der Waals surface area contributed by atoms with E-state index in [2.05, 4.69) is 0 Å². The number of esters is 1. The highest BCUT2D eigenvalue weighted by Gasteiger charge is 2.35. The van der Waals surface area contributed by atoms with Crippen molar-refractivity contribution in [3.8, 4) is 0 Å². The van der Waals surface area contributed by atoms with E-state index in [1.54, 1.807) is 27.7 Å². The Kier molecular flexibility index (Phi) is 7.71. The summed E-state index contributed by atoms with van der Waals surface area (Å²) >= 11 is 0. The molecular formula is C12H21O7P. The van der Waals surface area contributed by atoms with Crippen LogP contribution >= 0.6 is 7.60 Å². The number of rotatable bonds is 9. The van der Waals surface area contributed by atoms with E-state index in [1.807, 2.05) is 0 Å². The van der Waals surface area contributed by atoms with Gasteiger partial charge in [-0.15, -0.1) is 0 Å². The molecule has 1 N–H and O–H groups in total. The summed E-state index contributed by atoms with van der Waals surface area (Å²) in [5, 5.41) is 8.41. The van der Waals surface area contributed by atoms with E-state index in [9.17, 15) is 14.2 Å². The number of hydrogen-bond acceptors (Lipinski definition) is 6. The van der Waals surface area contributed by atoms with Gasteiger partial charge in [0.15, 0.2) is 0 Å². The lowest BCUT2D eigenvalue weighted by Gasteiger charge is -2.28. The molecule has 0 aliphatic carbocycles. The lowest BCUT2D eigenvalue weighted by molar-refractivity contribution is -0.148. The van der Waals surface area contributed by atoms with Gasteiger partial charge in [0, 0.05) is 12.2 Å². The summed E-state index contributed by atoms with van der Waals surface area (Å²) in [5.41, 5.74) is -1.11. The minimum Gasteiger partial charge on any atom is -0.478 e. The van der Waals surface area contributed by atoms with Gasteiger partial charge in [-0.3, -0.25) is 4.57 Å². The summed E-state index contributed by atoms with van der Waals surface area (Å²) in [6.07, 6.45) is 1.34. The first-order valence-electron chi connectivity index (χ1n) is 6.16. The molecule has 0 unspecified atom stereocenters. The van der Waals surface area contributed by atoms with Crippen LogP contribution in [0.1, 0.15) is 27.7 Å². The second-order valence-corrected chi connectivity index (χ2v) is 6.51. The number of carboxylic acid groups (broad SMARTS) is 1. The highest BCUT2D eigenvalue weighted by atomic mass is 31.2. The maximum atomic E-state index is 12.3. The van der Waals surface area contributed by atoms with E-state index in [4.69, 9.17) is 18.9 Å². The number of carbonyl (C=O) groups excluding carboxylic acids is 1. The lowest BCUT2D eigenvalue weighted by Crippen LogP contribution is -2.32. The Hall–Kier alpha value is -1.17. The standard InChI is InChI=1S/C12H21O7P/c1-5-17-20(16,18-6-2)9-12(3,4)19-11(15)8-7-10(13)14/h7-8H,5-6,9H2,1-4H3,(H,13,14)/b8-7+. The highest BCUT2D eigenvalue weighted by Crippen LogP contribution is 2.50. The SMILES string of the molecule is CCOP(=O)(CC(C)(C)OC(=O)/C=C/C(=O)O)OCC. The summed E-state index contributed by atoms with van der Waals surface area (Å²) < 4.78 is 27.6. The zero-order valence-electron chi connectivity index (χ0n) is 12.1. The molecule has 20 heavy (non-hydrogen) atoms. The fourth-order valence-corrected chi connectivity index (χ4v) is 3.51. The number of aliphatic carboxylic acids is 1. The number of hydrogen-bond donors (Lipinski definition) is 1. The van der Waals surface area contributed by atoms with Crippen LogP contribution in [-0.4, -0.2) is 42.0 Å². The second-order valence-electron chi connectivity index (χ2n) is 4.46. The van der Waals surface area contributed by atoms with Gasteiger partial charge in [0.1, 0.15) is 5.60 Å². The second kappa shape index (κ2) is 8.19. The third kappa shape index (κ3) is 8.09. The van der Waals surface area contributed by atoms with Gasteiger partial charge in [-0.2, -0.15) is 0 Å². The average Bonchev–Trinajstić information content (AvgIpc) is 2.24. The van der Waals surface area contributed by atoms with Gasteiger partial charge in [0.05, 0.1) is 19.4 Å². The largest absolute Gasteiger partial charge is 0.478 e. The third-order valence-corrected chi connectivity index (χ3v) is 4.42. The average molecular weight is 308 g/mol. The minimum absolute atomic E-state index is 0.117. The van der Waals surface area contributed by atoms with Gasteiger partial charge < -0.3 is 18.9 Å². The molecule has 0 spiro atoms. The van der Waals surface area contributed by atoms with Crippen LogP contribution in [-0.2, 0) is 27.9 Å². The molecule has 0 aliphatic heterocycles. The van der Waals surface area contributed by atoms with Crippen molar-refractivity contribution in [2.75, 3.05) is 19.4 Å². The van der Waals surface area contributed by atoms with Gasteiger partial charge >= 0.3 is 19.5 Å². The van der Waals surface area contributed by atoms with Gasteiger partial charge in [-0.25, -0.2) is 9.59 Å². The van der Waals surface area contributed by atoms with Gasteiger partial charge in [0.25, 0.3) is 0 Å². The van der Waals surface area contributed by atoms with Crippen molar-refractivity contribution >= 4 is 19.5 Å². The summed E-state index contributed by atoms with van der Waals surface area (Å²) in [7, 11) is -3.35. The normalized spacial score (nSPS) is 12.6. The Morgan fingerprint density at radius 1 is 1.15 bits per heavy atom. The molecule has 0 heterocycles. The van der Waals surface area contributed by atoms with E-state index in [1.165, 1.54) is 0 Å². The summed E-state index contributed by atoms with van der Waals surface area (Å²) in [6.45, 7) is 6.87. The van der Waals surface area contributed by atoms with Crippen molar-refractivity contribution in [3.63, 3.8) is 0 Å². The molecule has 8 heteroatoms. The topological polar surface area (TPSA) is 99.1 Å². The first kappa shape index (κ1) is 18.8. The molecule has 7 nitrogen and oxygen atoms in total. The zero-order chi connectivity index (χ0) is 15.8. The Labute approximate surface area is 118 Å². The Bertz CT molecular complexity index is 404. The minimum atomic E-state index is -3.35. The molecule has 0 aromatic rings. The molecular weight excluding hydrogens is 287 g/mol. The first-order valence-corrected chi connectivity index (χ1v) is 7.89.